The van der Waals surface area contributed by atoms with Crippen LogP contribution in [0.2, 0.25) is 0 Å². The molecule has 0 unspecified atom stereocenters. The number of esters is 1. The molecule has 1 aromatic heterocycles. The standard InChI is InChI=1S/C23H25N3O5S2/c1-4-17-8-6-7-9-21(17)26(16(3)27)23-25-19(15-32-23)14-31-22(28)18-10-12-20(13-11-18)33(29,30)24-5-2/h6-13,15,24H,4-5,14H2,1-3H3. The minimum absolute atomic E-state index is 0.0710. The van der Waals surface area contributed by atoms with Crippen molar-refractivity contribution in [2.75, 3.05) is 11.4 Å². The maximum Gasteiger partial charge on any atom is 0.338 e. The fourth-order valence-electron chi connectivity index (χ4n) is 3.17. The summed E-state index contributed by atoms with van der Waals surface area (Å²) in [6, 6.07) is 13.1. The molecule has 1 N–H and O–H groups in total. The van der Waals surface area contributed by atoms with Crippen LogP contribution in [0.1, 0.15) is 42.4 Å². The minimum atomic E-state index is -3.59. The van der Waals surface area contributed by atoms with Gasteiger partial charge in [-0.15, -0.1) is 11.3 Å². The summed E-state index contributed by atoms with van der Waals surface area (Å²) in [5.41, 5.74) is 2.53. The van der Waals surface area contributed by atoms with Crippen LogP contribution in [0.15, 0.2) is 58.8 Å². The van der Waals surface area contributed by atoms with E-state index in [1.54, 1.807) is 17.2 Å². The number of nitrogens with zero attached hydrogens (tertiary/aromatic N) is 2. The van der Waals surface area contributed by atoms with Gasteiger partial charge in [0.25, 0.3) is 0 Å². The number of benzene rings is 2. The lowest BCUT2D eigenvalue weighted by molar-refractivity contribution is -0.115. The Bertz CT molecular complexity index is 1240. The molecule has 0 radical (unpaired) electrons. The predicted octanol–water partition coefficient (Wildman–Crippen LogP) is 4.05. The Morgan fingerprint density at radius 2 is 1.79 bits per heavy atom. The topological polar surface area (TPSA) is 106 Å². The van der Waals surface area contributed by atoms with Crippen LogP contribution in [0.5, 0.6) is 0 Å². The fraction of sp³-hybridized carbons (Fsp3) is 0.261. The van der Waals surface area contributed by atoms with Gasteiger partial charge in [-0.2, -0.15) is 0 Å². The Balaban J connectivity index is 1.70. The molecule has 0 spiro atoms. The number of hydrogen-bond acceptors (Lipinski definition) is 7. The Morgan fingerprint density at radius 1 is 1.09 bits per heavy atom. The van der Waals surface area contributed by atoms with Crippen LogP contribution in [-0.4, -0.2) is 31.8 Å². The number of hydrogen-bond donors (Lipinski definition) is 1. The smallest absolute Gasteiger partial charge is 0.338 e. The van der Waals surface area contributed by atoms with Crippen LogP contribution >= 0.6 is 11.3 Å². The van der Waals surface area contributed by atoms with Gasteiger partial charge in [0.2, 0.25) is 15.9 Å². The number of sulfonamides is 1. The van der Waals surface area contributed by atoms with Gasteiger partial charge in [0.15, 0.2) is 5.13 Å². The molecule has 0 aliphatic heterocycles. The molecular weight excluding hydrogens is 462 g/mol. The molecule has 0 fully saturated rings. The number of para-hydroxylation sites is 1. The highest BCUT2D eigenvalue weighted by molar-refractivity contribution is 7.89. The third-order valence-electron chi connectivity index (χ3n) is 4.75. The van der Waals surface area contributed by atoms with E-state index in [-0.39, 0.29) is 29.5 Å². The zero-order valence-electron chi connectivity index (χ0n) is 18.6. The van der Waals surface area contributed by atoms with Crippen LogP contribution in [0, 0.1) is 0 Å². The van der Waals surface area contributed by atoms with E-state index in [2.05, 4.69) is 9.71 Å². The van der Waals surface area contributed by atoms with Gasteiger partial charge < -0.3 is 4.74 Å². The molecule has 1 amide bonds. The van der Waals surface area contributed by atoms with Crippen LogP contribution in [-0.2, 0) is 32.6 Å². The maximum atomic E-state index is 12.4. The van der Waals surface area contributed by atoms with Gasteiger partial charge in [-0.1, -0.05) is 32.0 Å². The second-order valence-corrected chi connectivity index (χ2v) is 9.66. The zero-order valence-corrected chi connectivity index (χ0v) is 20.2. The molecule has 33 heavy (non-hydrogen) atoms. The van der Waals surface area contributed by atoms with E-state index in [1.165, 1.54) is 42.5 Å². The molecule has 0 aliphatic carbocycles. The van der Waals surface area contributed by atoms with E-state index in [0.717, 1.165) is 17.7 Å². The monoisotopic (exact) mass is 487 g/mol. The summed E-state index contributed by atoms with van der Waals surface area (Å²) in [6.45, 7) is 5.38. The molecule has 10 heteroatoms. The summed E-state index contributed by atoms with van der Waals surface area (Å²) in [4.78, 5) is 30.9. The Kier molecular flexibility index (Phi) is 7.96. The lowest BCUT2D eigenvalue weighted by atomic mass is 10.1. The van der Waals surface area contributed by atoms with Gasteiger partial charge in [0.05, 0.1) is 21.8 Å². The zero-order chi connectivity index (χ0) is 24.0. The van der Waals surface area contributed by atoms with Crippen molar-refractivity contribution in [3.8, 4) is 0 Å². The lowest BCUT2D eigenvalue weighted by Gasteiger charge is -2.20. The Morgan fingerprint density at radius 3 is 2.42 bits per heavy atom. The van der Waals surface area contributed by atoms with E-state index in [9.17, 15) is 18.0 Å². The number of thiazole rings is 1. The normalized spacial score (nSPS) is 11.2. The first-order valence-electron chi connectivity index (χ1n) is 10.4. The molecule has 2 aromatic carbocycles. The lowest BCUT2D eigenvalue weighted by Crippen LogP contribution is -2.23. The second-order valence-electron chi connectivity index (χ2n) is 7.06. The third-order valence-corrected chi connectivity index (χ3v) is 7.18. The molecular formula is C23H25N3O5S2. The second kappa shape index (κ2) is 10.7. The SMILES string of the molecule is CCNS(=O)(=O)c1ccc(C(=O)OCc2csc(N(C(C)=O)c3ccccc3CC)n2)cc1. The number of anilines is 2. The average Bonchev–Trinajstić information content (AvgIpc) is 3.26. The first-order chi connectivity index (χ1) is 15.8. The number of nitrogens with one attached hydrogen (secondary N) is 1. The first kappa shape index (κ1) is 24.6. The third kappa shape index (κ3) is 5.84. The summed E-state index contributed by atoms with van der Waals surface area (Å²) >= 11 is 1.29. The number of aromatic nitrogens is 1. The predicted molar refractivity (Wildman–Crippen MR) is 127 cm³/mol. The molecule has 0 aliphatic rings. The quantitative estimate of drug-likeness (QED) is 0.457. The number of carbonyl (C=O) groups excluding carboxylic acids is 2. The van der Waals surface area contributed by atoms with Crippen LogP contribution < -0.4 is 9.62 Å². The average molecular weight is 488 g/mol. The molecule has 8 nitrogen and oxygen atoms in total. The van der Waals surface area contributed by atoms with Crippen molar-refractivity contribution in [2.24, 2.45) is 0 Å². The minimum Gasteiger partial charge on any atom is -0.456 e. The van der Waals surface area contributed by atoms with Gasteiger partial charge >= 0.3 is 5.97 Å². The van der Waals surface area contributed by atoms with Crippen molar-refractivity contribution in [3.05, 3.63) is 70.7 Å². The summed E-state index contributed by atoms with van der Waals surface area (Å²) < 4.78 is 31.7. The van der Waals surface area contributed by atoms with Crippen molar-refractivity contribution in [3.63, 3.8) is 0 Å². The summed E-state index contributed by atoms with van der Waals surface area (Å²) in [5.74, 6) is -0.766. The molecule has 0 bridgehead atoms. The molecule has 3 aromatic rings. The number of carbonyl (C=O) groups is 2. The van der Waals surface area contributed by atoms with Crippen LogP contribution in [0.25, 0.3) is 0 Å². The summed E-state index contributed by atoms with van der Waals surface area (Å²) in [7, 11) is -3.59. The fourth-order valence-corrected chi connectivity index (χ4v) is 5.07. The van der Waals surface area contributed by atoms with Gasteiger partial charge in [-0.05, 0) is 42.3 Å². The molecule has 3 rings (SSSR count). The van der Waals surface area contributed by atoms with Crippen molar-refractivity contribution >= 4 is 44.1 Å². The number of amides is 1. The van der Waals surface area contributed by atoms with E-state index < -0.39 is 16.0 Å². The van der Waals surface area contributed by atoms with Crippen LogP contribution in [0.3, 0.4) is 0 Å². The van der Waals surface area contributed by atoms with Gasteiger partial charge in [0, 0.05) is 18.8 Å². The van der Waals surface area contributed by atoms with Crippen molar-refractivity contribution in [1.82, 2.24) is 9.71 Å². The Hall–Kier alpha value is -3.08. The van der Waals surface area contributed by atoms with E-state index in [4.69, 9.17) is 4.74 Å². The van der Waals surface area contributed by atoms with Crippen molar-refractivity contribution in [1.29, 1.82) is 0 Å². The summed E-state index contributed by atoms with van der Waals surface area (Å²) in [6.07, 6.45) is 0.768. The molecule has 0 saturated carbocycles. The van der Waals surface area contributed by atoms with E-state index in [1.807, 2.05) is 31.2 Å². The van der Waals surface area contributed by atoms with Crippen molar-refractivity contribution < 1.29 is 22.7 Å². The van der Waals surface area contributed by atoms with E-state index in [0.29, 0.717) is 10.8 Å². The molecule has 174 valence electrons. The maximum absolute atomic E-state index is 12.4. The van der Waals surface area contributed by atoms with Gasteiger partial charge in [0.1, 0.15) is 6.61 Å². The highest BCUT2D eigenvalue weighted by Gasteiger charge is 2.21. The summed E-state index contributed by atoms with van der Waals surface area (Å²) in [5, 5.41) is 2.23. The van der Waals surface area contributed by atoms with E-state index >= 15 is 0 Å². The molecule has 0 atom stereocenters. The molecule has 0 saturated heterocycles. The number of aryl methyl sites for hydroxylation is 1. The van der Waals surface area contributed by atoms with Gasteiger partial charge in [-0.3, -0.25) is 9.69 Å². The van der Waals surface area contributed by atoms with Gasteiger partial charge in [-0.25, -0.2) is 22.9 Å². The van der Waals surface area contributed by atoms with Crippen LogP contribution in [0.4, 0.5) is 10.8 Å². The largest absolute Gasteiger partial charge is 0.456 e. The number of ether oxygens (including phenoxy) is 1. The Labute approximate surface area is 197 Å². The highest BCUT2D eigenvalue weighted by atomic mass is 32.2. The number of rotatable bonds is 9. The first-order valence-corrected chi connectivity index (χ1v) is 12.7. The van der Waals surface area contributed by atoms with Crippen molar-refractivity contribution in [2.45, 2.75) is 38.7 Å². The highest BCUT2D eigenvalue weighted by Crippen LogP contribution is 2.32. The molecule has 1 heterocycles.